The molecule has 1 fully saturated rings. The zero-order valence-electron chi connectivity index (χ0n) is 12.1. The fraction of sp³-hybridized carbons (Fsp3) is 0.857. The van der Waals surface area contributed by atoms with Crippen LogP contribution in [0.5, 0.6) is 0 Å². The second-order valence-corrected chi connectivity index (χ2v) is 5.18. The van der Waals surface area contributed by atoms with Crippen LogP contribution in [0.2, 0.25) is 0 Å². The van der Waals surface area contributed by atoms with Crippen LogP contribution in [0.3, 0.4) is 0 Å². The lowest BCUT2D eigenvalue weighted by Crippen LogP contribution is -2.36. The van der Waals surface area contributed by atoms with Crippen LogP contribution in [-0.2, 0) is 14.3 Å². The van der Waals surface area contributed by atoms with Gasteiger partial charge in [-0.3, -0.25) is 9.59 Å². The number of methoxy groups -OCH3 is 1. The number of hydrogen-bond acceptors (Lipinski definition) is 4. The van der Waals surface area contributed by atoms with Gasteiger partial charge in [0, 0.05) is 32.5 Å². The lowest BCUT2D eigenvalue weighted by atomic mass is 10.0. The summed E-state index contributed by atoms with van der Waals surface area (Å²) in [6, 6.07) is 0.501. The topological polar surface area (TPSA) is 58.6 Å². The van der Waals surface area contributed by atoms with Crippen molar-refractivity contribution in [3.05, 3.63) is 0 Å². The Morgan fingerprint density at radius 2 is 2.11 bits per heavy atom. The van der Waals surface area contributed by atoms with Crippen LogP contribution < -0.4 is 5.32 Å². The smallest absolute Gasteiger partial charge is 0.305 e. The van der Waals surface area contributed by atoms with Crippen LogP contribution in [0, 0.1) is 0 Å². The molecule has 0 aromatic heterocycles. The monoisotopic (exact) mass is 270 g/mol. The molecule has 19 heavy (non-hydrogen) atoms. The van der Waals surface area contributed by atoms with Gasteiger partial charge >= 0.3 is 5.97 Å². The van der Waals surface area contributed by atoms with Gasteiger partial charge < -0.3 is 15.0 Å². The van der Waals surface area contributed by atoms with Crippen LogP contribution in [0.4, 0.5) is 0 Å². The van der Waals surface area contributed by atoms with Crippen molar-refractivity contribution in [1.82, 2.24) is 10.2 Å². The molecule has 1 amide bonds. The third kappa shape index (κ3) is 6.57. The first kappa shape index (κ1) is 16.0. The summed E-state index contributed by atoms with van der Waals surface area (Å²) < 4.78 is 4.57. The number of hydrogen-bond donors (Lipinski definition) is 1. The van der Waals surface area contributed by atoms with Crippen LogP contribution in [0.25, 0.3) is 0 Å². The molecule has 1 aliphatic rings. The van der Waals surface area contributed by atoms with Crippen LogP contribution >= 0.6 is 0 Å². The summed E-state index contributed by atoms with van der Waals surface area (Å²) in [6.45, 7) is 1.69. The van der Waals surface area contributed by atoms with Gasteiger partial charge in [-0.25, -0.2) is 0 Å². The second-order valence-electron chi connectivity index (χ2n) is 5.18. The van der Waals surface area contributed by atoms with Crippen molar-refractivity contribution in [3.63, 3.8) is 0 Å². The minimum absolute atomic E-state index is 0.164. The predicted molar refractivity (Wildman–Crippen MR) is 73.8 cm³/mol. The number of carbonyl (C=O) groups is 2. The number of nitrogens with zero attached hydrogens (tertiary/aromatic N) is 1. The number of esters is 1. The Bertz CT molecular complexity index is 288. The Morgan fingerprint density at radius 3 is 2.74 bits per heavy atom. The Hall–Kier alpha value is -1.10. The zero-order chi connectivity index (χ0) is 14.1. The molecule has 0 saturated carbocycles. The largest absolute Gasteiger partial charge is 0.469 e. The summed E-state index contributed by atoms with van der Waals surface area (Å²) in [5.74, 6) is -0.0514. The van der Waals surface area contributed by atoms with Crippen LogP contribution in [0.1, 0.15) is 44.9 Å². The fourth-order valence-electron chi connectivity index (χ4n) is 2.35. The average molecular weight is 270 g/mol. The van der Waals surface area contributed by atoms with Crippen LogP contribution in [0.15, 0.2) is 0 Å². The highest BCUT2D eigenvalue weighted by Crippen LogP contribution is 2.12. The molecule has 0 bridgehead atoms. The van der Waals surface area contributed by atoms with Crippen molar-refractivity contribution in [2.75, 3.05) is 27.2 Å². The standard InChI is InChI=1S/C14H26N2O3/c1-16(11-5-7-14(18)19-2)13(17)9-8-12-6-3-4-10-15-12/h12,15H,3-11H2,1-2H3. The summed E-state index contributed by atoms with van der Waals surface area (Å²) in [5, 5.41) is 3.45. The molecule has 1 heterocycles. The van der Waals surface area contributed by atoms with Crippen molar-refractivity contribution in [3.8, 4) is 0 Å². The molecule has 1 atom stereocenters. The van der Waals surface area contributed by atoms with Gasteiger partial charge in [-0.05, 0) is 32.2 Å². The van der Waals surface area contributed by atoms with Gasteiger partial charge in [-0.1, -0.05) is 6.42 Å². The van der Waals surface area contributed by atoms with Gasteiger partial charge in [0.25, 0.3) is 0 Å². The Balaban J connectivity index is 2.11. The highest BCUT2D eigenvalue weighted by atomic mass is 16.5. The van der Waals surface area contributed by atoms with Gasteiger partial charge in [0.1, 0.15) is 0 Å². The van der Waals surface area contributed by atoms with E-state index in [9.17, 15) is 9.59 Å². The molecule has 1 aliphatic heterocycles. The maximum Gasteiger partial charge on any atom is 0.305 e. The zero-order valence-corrected chi connectivity index (χ0v) is 12.1. The van der Waals surface area contributed by atoms with Gasteiger partial charge in [0.05, 0.1) is 7.11 Å². The van der Waals surface area contributed by atoms with Gasteiger partial charge in [0.2, 0.25) is 5.91 Å². The maximum atomic E-state index is 11.9. The normalized spacial score (nSPS) is 18.9. The Kier molecular flexibility index (Phi) is 7.48. The quantitative estimate of drug-likeness (QED) is 0.709. The molecule has 0 aromatic rings. The molecule has 0 spiro atoms. The van der Waals surface area contributed by atoms with Gasteiger partial charge in [-0.15, -0.1) is 0 Å². The van der Waals surface area contributed by atoms with E-state index in [-0.39, 0.29) is 11.9 Å². The molecular weight excluding hydrogens is 244 g/mol. The first-order valence-corrected chi connectivity index (χ1v) is 7.17. The van der Waals surface area contributed by atoms with E-state index in [0.717, 1.165) is 13.0 Å². The molecule has 0 aromatic carbocycles. The summed E-state index contributed by atoms with van der Waals surface area (Å²) in [5.41, 5.74) is 0. The summed E-state index contributed by atoms with van der Waals surface area (Å²) in [7, 11) is 3.18. The molecule has 0 aliphatic carbocycles. The molecule has 1 rings (SSSR count). The molecule has 5 heteroatoms. The number of nitrogens with one attached hydrogen (secondary N) is 1. The van der Waals surface area contributed by atoms with Crippen molar-refractivity contribution in [2.45, 2.75) is 51.0 Å². The first-order valence-electron chi connectivity index (χ1n) is 7.17. The van der Waals surface area contributed by atoms with Crippen molar-refractivity contribution in [1.29, 1.82) is 0 Å². The second kappa shape index (κ2) is 8.91. The van der Waals surface area contributed by atoms with Crippen LogP contribution in [-0.4, -0.2) is 50.1 Å². The number of amides is 1. The van der Waals surface area contributed by atoms with Crippen molar-refractivity contribution >= 4 is 11.9 Å². The molecule has 1 saturated heterocycles. The Morgan fingerprint density at radius 1 is 1.32 bits per heavy atom. The van der Waals surface area contributed by atoms with Crippen molar-refractivity contribution < 1.29 is 14.3 Å². The molecule has 1 unspecified atom stereocenters. The number of carbonyl (C=O) groups excluding carboxylic acids is 2. The average Bonchev–Trinajstić information content (AvgIpc) is 2.45. The molecule has 0 radical (unpaired) electrons. The lowest BCUT2D eigenvalue weighted by Gasteiger charge is -2.24. The van der Waals surface area contributed by atoms with E-state index in [1.54, 1.807) is 11.9 Å². The van der Waals surface area contributed by atoms with E-state index in [2.05, 4.69) is 10.1 Å². The minimum Gasteiger partial charge on any atom is -0.469 e. The van der Waals surface area contributed by atoms with E-state index in [1.807, 2.05) is 0 Å². The van der Waals surface area contributed by atoms with E-state index in [0.29, 0.717) is 31.8 Å². The highest BCUT2D eigenvalue weighted by Gasteiger charge is 2.15. The number of rotatable bonds is 7. The number of ether oxygens (including phenoxy) is 1. The summed E-state index contributed by atoms with van der Waals surface area (Å²) in [4.78, 5) is 24.6. The summed E-state index contributed by atoms with van der Waals surface area (Å²) in [6.07, 6.45) is 6.24. The number of piperidine rings is 1. The van der Waals surface area contributed by atoms with Gasteiger partial charge in [-0.2, -0.15) is 0 Å². The molecular formula is C14H26N2O3. The minimum atomic E-state index is -0.216. The van der Waals surface area contributed by atoms with E-state index < -0.39 is 0 Å². The van der Waals surface area contributed by atoms with E-state index in [4.69, 9.17) is 0 Å². The maximum absolute atomic E-state index is 11.9. The fourth-order valence-corrected chi connectivity index (χ4v) is 2.35. The SMILES string of the molecule is COC(=O)CCCN(C)C(=O)CCC1CCCCN1. The third-order valence-corrected chi connectivity index (χ3v) is 3.65. The summed E-state index contributed by atoms with van der Waals surface area (Å²) >= 11 is 0. The lowest BCUT2D eigenvalue weighted by molar-refractivity contribution is -0.141. The molecule has 1 N–H and O–H groups in total. The molecule has 110 valence electrons. The molecule has 5 nitrogen and oxygen atoms in total. The van der Waals surface area contributed by atoms with E-state index in [1.165, 1.54) is 26.4 Å². The van der Waals surface area contributed by atoms with Gasteiger partial charge in [0.15, 0.2) is 0 Å². The highest BCUT2D eigenvalue weighted by molar-refractivity contribution is 5.76. The third-order valence-electron chi connectivity index (χ3n) is 3.65. The van der Waals surface area contributed by atoms with Crippen molar-refractivity contribution in [2.24, 2.45) is 0 Å². The van der Waals surface area contributed by atoms with E-state index >= 15 is 0 Å². The Labute approximate surface area is 115 Å². The predicted octanol–water partition coefficient (Wildman–Crippen LogP) is 1.32. The first-order chi connectivity index (χ1) is 9.13.